The smallest absolute Gasteiger partial charge is 0.0468 e. The quantitative estimate of drug-likeness (QED) is 0.836. The third kappa shape index (κ3) is 2.96. The van der Waals surface area contributed by atoms with Gasteiger partial charge in [0.25, 0.3) is 0 Å². The molecule has 0 spiro atoms. The summed E-state index contributed by atoms with van der Waals surface area (Å²) in [6.07, 6.45) is 6.39. The van der Waals surface area contributed by atoms with Crippen molar-refractivity contribution in [1.82, 2.24) is 0 Å². The van der Waals surface area contributed by atoms with Crippen molar-refractivity contribution < 1.29 is 10.2 Å². The van der Waals surface area contributed by atoms with Gasteiger partial charge in [0.05, 0.1) is 0 Å². The minimum absolute atomic E-state index is 0.176. The van der Waals surface area contributed by atoms with E-state index < -0.39 is 0 Å². The summed E-state index contributed by atoms with van der Waals surface area (Å²) >= 11 is 0. The van der Waals surface area contributed by atoms with Gasteiger partial charge in [0.1, 0.15) is 0 Å². The van der Waals surface area contributed by atoms with Crippen molar-refractivity contribution in [1.29, 1.82) is 0 Å². The Kier molecular flexibility index (Phi) is 4.35. The van der Waals surface area contributed by atoms with Gasteiger partial charge >= 0.3 is 0 Å². The van der Waals surface area contributed by atoms with Crippen molar-refractivity contribution >= 4 is 6.08 Å². The molecule has 1 aliphatic rings. The Hall–Kier alpha value is -1.12. The number of aliphatic hydroxyl groups excluding tert-OH is 2. The van der Waals surface area contributed by atoms with Gasteiger partial charge in [-0.25, -0.2) is 0 Å². The highest BCUT2D eigenvalue weighted by atomic mass is 16.3. The molecule has 0 unspecified atom stereocenters. The molecule has 0 bridgehead atoms. The number of allylic oxidation sites excluding steroid dienone is 1. The van der Waals surface area contributed by atoms with Crippen LogP contribution >= 0.6 is 0 Å². The maximum absolute atomic E-state index is 9.39. The van der Waals surface area contributed by atoms with Crippen LogP contribution in [0.3, 0.4) is 0 Å². The highest BCUT2D eigenvalue weighted by molar-refractivity contribution is 5.49. The van der Waals surface area contributed by atoms with Crippen molar-refractivity contribution in [2.75, 3.05) is 13.2 Å². The van der Waals surface area contributed by atoms with Gasteiger partial charge in [0, 0.05) is 13.2 Å². The van der Waals surface area contributed by atoms with Crippen LogP contribution in [0.1, 0.15) is 18.4 Å². The summed E-state index contributed by atoms with van der Waals surface area (Å²) in [5.41, 5.74) is 1.19. The molecule has 2 rings (SSSR count). The number of hydrogen-bond donors (Lipinski definition) is 2. The molecule has 0 saturated heterocycles. The third-order valence-corrected chi connectivity index (χ3v) is 3.81. The van der Waals surface area contributed by atoms with E-state index in [1.165, 1.54) is 5.56 Å². The van der Waals surface area contributed by atoms with E-state index in [-0.39, 0.29) is 25.0 Å². The van der Waals surface area contributed by atoms with E-state index in [9.17, 15) is 10.2 Å². The summed E-state index contributed by atoms with van der Waals surface area (Å²) < 4.78 is 0. The van der Waals surface area contributed by atoms with Crippen LogP contribution in [0.25, 0.3) is 6.08 Å². The molecule has 0 heterocycles. The Labute approximate surface area is 103 Å². The fourth-order valence-electron chi connectivity index (χ4n) is 2.73. The standard InChI is InChI=1S/C15H20O2/c16-10-14-9-8-13(15(14)11-17)7-6-12-4-2-1-3-5-12/h1-7,13-17H,8-11H2/b7-6+/t13-,14+,15+/m1/s1. The minimum Gasteiger partial charge on any atom is -0.396 e. The van der Waals surface area contributed by atoms with E-state index in [0.717, 1.165) is 12.8 Å². The molecule has 1 aliphatic carbocycles. The molecule has 2 heteroatoms. The Balaban J connectivity index is 2.02. The molecule has 17 heavy (non-hydrogen) atoms. The van der Waals surface area contributed by atoms with Crippen LogP contribution in [-0.2, 0) is 0 Å². The number of rotatable bonds is 4. The predicted octanol–water partition coefficient (Wildman–Crippen LogP) is 2.33. The van der Waals surface area contributed by atoms with Crippen LogP contribution in [0.2, 0.25) is 0 Å². The highest BCUT2D eigenvalue weighted by Gasteiger charge is 2.33. The molecule has 1 aromatic rings. The monoisotopic (exact) mass is 232 g/mol. The van der Waals surface area contributed by atoms with Crippen LogP contribution in [-0.4, -0.2) is 23.4 Å². The maximum atomic E-state index is 9.39. The van der Waals surface area contributed by atoms with Crippen molar-refractivity contribution in [3.63, 3.8) is 0 Å². The first-order chi connectivity index (χ1) is 8.35. The van der Waals surface area contributed by atoms with Crippen molar-refractivity contribution in [3.05, 3.63) is 42.0 Å². The van der Waals surface area contributed by atoms with Crippen LogP contribution in [0.4, 0.5) is 0 Å². The van der Waals surface area contributed by atoms with E-state index >= 15 is 0 Å². The molecule has 3 atom stereocenters. The second kappa shape index (κ2) is 5.99. The van der Waals surface area contributed by atoms with Crippen LogP contribution < -0.4 is 0 Å². The maximum Gasteiger partial charge on any atom is 0.0468 e. The van der Waals surface area contributed by atoms with Gasteiger partial charge in [0.15, 0.2) is 0 Å². The molecule has 92 valence electrons. The molecule has 2 nitrogen and oxygen atoms in total. The molecular weight excluding hydrogens is 212 g/mol. The zero-order chi connectivity index (χ0) is 12.1. The first-order valence-electron chi connectivity index (χ1n) is 6.30. The normalized spacial score (nSPS) is 28.9. The Morgan fingerprint density at radius 1 is 1.06 bits per heavy atom. The minimum atomic E-state index is 0.176. The largest absolute Gasteiger partial charge is 0.396 e. The summed E-state index contributed by atoms with van der Waals surface area (Å²) in [6.45, 7) is 0.371. The van der Waals surface area contributed by atoms with Crippen LogP contribution in [0.15, 0.2) is 36.4 Å². The SMILES string of the molecule is OC[C@@H]1CC[C@@H](/C=C/c2ccccc2)[C@@H]1CO. The Morgan fingerprint density at radius 2 is 1.82 bits per heavy atom. The van der Waals surface area contributed by atoms with Gasteiger partial charge < -0.3 is 10.2 Å². The lowest BCUT2D eigenvalue weighted by Gasteiger charge is -2.18. The van der Waals surface area contributed by atoms with E-state index in [4.69, 9.17) is 0 Å². The van der Waals surface area contributed by atoms with Crippen molar-refractivity contribution in [2.24, 2.45) is 17.8 Å². The average molecular weight is 232 g/mol. The van der Waals surface area contributed by atoms with Gasteiger partial charge in [-0.3, -0.25) is 0 Å². The zero-order valence-electron chi connectivity index (χ0n) is 10.00. The molecule has 0 radical (unpaired) electrons. The highest BCUT2D eigenvalue weighted by Crippen LogP contribution is 2.37. The third-order valence-electron chi connectivity index (χ3n) is 3.81. The van der Waals surface area contributed by atoms with Gasteiger partial charge in [-0.2, -0.15) is 0 Å². The van der Waals surface area contributed by atoms with Gasteiger partial charge in [0.2, 0.25) is 0 Å². The Morgan fingerprint density at radius 3 is 2.47 bits per heavy atom. The number of aliphatic hydroxyl groups is 2. The lowest BCUT2D eigenvalue weighted by molar-refractivity contribution is 0.128. The lowest BCUT2D eigenvalue weighted by atomic mass is 9.90. The fourth-order valence-corrected chi connectivity index (χ4v) is 2.73. The van der Waals surface area contributed by atoms with Crippen LogP contribution in [0, 0.1) is 17.8 Å². The molecule has 0 amide bonds. The summed E-state index contributed by atoms with van der Waals surface area (Å²) in [4.78, 5) is 0. The molecular formula is C15H20O2. The van der Waals surface area contributed by atoms with Crippen LogP contribution in [0.5, 0.6) is 0 Å². The first kappa shape index (κ1) is 12.3. The molecule has 1 fully saturated rings. The van der Waals surface area contributed by atoms with E-state index in [0.29, 0.717) is 5.92 Å². The summed E-state index contributed by atoms with van der Waals surface area (Å²) in [5, 5.41) is 18.6. The second-order valence-corrected chi connectivity index (χ2v) is 4.80. The number of hydrogen-bond acceptors (Lipinski definition) is 2. The zero-order valence-corrected chi connectivity index (χ0v) is 10.00. The van der Waals surface area contributed by atoms with Gasteiger partial charge in [-0.1, -0.05) is 42.5 Å². The molecule has 0 aromatic heterocycles. The molecule has 1 saturated carbocycles. The van der Waals surface area contributed by atoms with Gasteiger partial charge in [-0.15, -0.1) is 0 Å². The average Bonchev–Trinajstić information content (AvgIpc) is 2.79. The predicted molar refractivity (Wildman–Crippen MR) is 69.4 cm³/mol. The number of benzene rings is 1. The summed E-state index contributed by atoms with van der Waals surface area (Å²) in [7, 11) is 0. The van der Waals surface area contributed by atoms with E-state index in [1.54, 1.807) is 0 Å². The van der Waals surface area contributed by atoms with Gasteiger partial charge in [-0.05, 0) is 36.2 Å². The fraction of sp³-hybridized carbons (Fsp3) is 0.467. The van der Waals surface area contributed by atoms with Crippen molar-refractivity contribution in [2.45, 2.75) is 12.8 Å². The summed E-state index contributed by atoms with van der Waals surface area (Å²) in [5.74, 6) is 0.891. The molecule has 0 aliphatic heterocycles. The lowest BCUT2D eigenvalue weighted by Crippen LogP contribution is -2.20. The molecule has 2 N–H and O–H groups in total. The second-order valence-electron chi connectivity index (χ2n) is 4.80. The van der Waals surface area contributed by atoms with Crippen molar-refractivity contribution in [3.8, 4) is 0 Å². The Bertz CT molecular complexity index is 358. The van der Waals surface area contributed by atoms with E-state index in [1.807, 2.05) is 18.2 Å². The topological polar surface area (TPSA) is 40.5 Å². The first-order valence-corrected chi connectivity index (χ1v) is 6.30. The molecule has 1 aromatic carbocycles. The summed E-state index contributed by atoms with van der Waals surface area (Å²) in [6, 6.07) is 10.2. The van der Waals surface area contributed by atoms with E-state index in [2.05, 4.69) is 24.3 Å².